The van der Waals surface area contributed by atoms with Crippen LogP contribution in [0.4, 0.5) is 0 Å². The van der Waals surface area contributed by atoms with Crippen LogP contribution >= 0.6 is 0 Å². The molecule has 0 rings (SSSR count). The van der Waals surface area contributed by atoms with E-state index in [9.17, 15) is 0 Å². The summed E-state index contributed by atoms with van der Waals surface area (Å²) in [6, 6.07) is 3.34. The molecule has 16 heteroatoms. The molecular formula is C12H58N2Si14. The third-order valence-electron chi connectivity index (χ3n) is 4.93. The Morgan fingerprint density at radius 3 is 0.964 bits per heavy atom. The van der Waals surface area contributed by atoms with Gasteiger partial charge in [0.1, 0.15) is 0 Å². The summed E-state index contributed by atoms with van der Waals surface area (Å²) in [5.74, 6) is 0. The van der Waals surface area contributed by atoms with Crippen molar-refractivity contribution in [2.45, 2.75) is 79.6 Å². The van der Waals surface area contributed by atoms with Crippen LogP contribution in [0.25, 0.3) is 0 Å². The first-order valence-corrected chi connectivity index (χ1v) is 56.3. The van der Waals surface area contributed by atoms with Gasteiger partial charge in [-0.1, -0.05) is 55.4 Å². The highest BCUT2D eigenvalue weighted by Crippen LogP contribution is 2.06. The van der Waals surface area contributed by atoms with Crippen molar-refractivity contribution < 1.29 is 0 Å². The highest BCUT2D eigenvalue weighted by molar-refractivity contribution is 8.00. The topological polar surface area (TPSA) is 6.48 Å². The molecule has 28 heavy (non-hydrogen) atoms. The highest BCUT2D eigenvalue weighted by atomic mass is 30.3. The number of hydrogen-bond donors (Lipinski definition) is 0. The molecule has 0 atom stereocenters. The molecule has 0 saturated heterocycles. The molecular weight excluding hydrogens is 565 g/mol. The SMILES string of the molecule is CC(C)N([SiH2][Si]([SiH3])([SiH3])[SiH2][Si]([SiH3])([SiH3])[SiH3])C(C)C.CC(C)N([SiH2][Si]([SiH3])([SiH3])[SiH3])C(C)C. The molecule has 0 aliphatic rings. The van der Waals surface area contributed by atoms with Crippen LogP contribution in [0.3, 0.4) is 0 Å². The lowest BCUT2D eigenvalue weighted by atomic mass is 10.3. The van der Waals surface area contributed by atoms with Gasteiger partial charge >= 0.3 is 0 Å². The molecule has 0 heterocycles. The van der Waals surface area contributed by atoms with Crippen molar-refractivity contribution in [1.82, 2.24) is 9.13 Å². The van der Waals surface area contributed by atoms with Gasteiger partial charge in [-0.2, -0.15) is 0 Å². The molecule has 0 saturated carbocycles. The van der Waals surface area contributed by atoms with Gasteiger partial charge < -0.3 is 9.13 Å². The molecule has 0 aromatic carbocycles. The first-order valence-electron chi connectivity index (χ1n) is 11.7. The quantitative estimate of drug-likeness (QED) is 0.223. The van der Waals surface area contributed by atoms with E-state index in [-0.39, 0.29) is 36.8 Å². The van der Waals surface area contributed by atoms with E-state index in [0.29, 0.717) is 8.55 Å². The minimum Gasteiger partial charge on any atom is -0.328 e. The van der Waals surface area contributed by atoms with Crippen LogP contribution in [0.2, 0.25) is 0 Å². The van der Waals surface area contributed by atoms with Gasteiger partial charge in [0.2, 0.25) is 0 Å². The molecule has 0 spiro atoms. The molecule has 2 nitrogen and oxygen atoms in total. The average Bonchev–Trinajstić information content (AvgIpc) is 2.38. The summed E-state index contributed by atoms with van der Waals surface area (Å²) in [5.41, 5.74) is 0. The molecule has 0 aromatic rings. The predicted octanol–water partition coefficient (Wildman–Crippen LogP) is -10.2. The van der Waals surface area contributed by atoms with Gasteiger partial charge in [-0.15, -0.1) is 0 Å². The van der Waals surface area contributed by atoms with Crippen LogP contribution in [0.5, 0.6) is 0 Å². The number of hydrogen-bond acceptors (Lipinski definition) is 2. The summed E-state index contributed by atoms with van der Waals surface area (Å²) in [5, 5.41) is 0. The summed E-state index contributed by atoms with van der Waals surface area (Å²) >= 11 is 0. The Kier molecular flexibility index (Phi) is 16.9. The molecule has 0 unspecified atom stereocenters. The molecule has 0 N–H and O–H groups in total. The van der Waals surface area contributed by atoms with Crippen molar-refractivity contribution in [3.63, 3.8) is 0 Å². The maximum Gasteiger partial charge on any atom is 0.0776 e. The molecule has 172 valence electrons. The Bertz CT molecular complexity index is 402. The molecule has 0 amide bonds. The van der Waals surface area contributed by atoms with Crippen LogP contribution in [0, 0.1) is 0 Å². The number of nitrogens with zero attached hydrogens (tertiary/aromatic N) is 2. The highest BCUT2D eigenvalue weighted by Gasteiger charge is 2.32. The van der Waals surface area contributed by atoms with E-state index in [2.05, 4.69) is 64.5 Å². The Balaban J connectivity index is 0. The molecule has 0 bridgehead atoms. The monoisotopic (exact) mass is 622 g/mol. The summed E-state index contributed by atoms with van der Waals surface area (Å²) in [4.78, 5) is 0. The van der Waals surface area contributed by atoms with Crippen LogP contribution in [-0.2, 0) is 0 Å². The van der Waals surface area contributed by atoms with E-state index < -0.39 is 0 Å². The Labute approximate surface area is 210 Å². The van der Waals surface area contributed by atoms with Crippen molar-refractivity contribution in [2.24, 2.45) is 0 Å². The molecule has 0 fully saturated rings. The maximum absolute atomic E-state index is 2.98. The second-order valence-corrected chi connectivity index (χ2v) is 211. The lowest BCUT2D eigenvalue weighted by Gasteiger charge is -2.39. The van der Waals surface area contributed by atoms with Crippen LogP contribution < -0.4 is 0 Å². The summed E-state index contributed by atoms with van der Waals surface area (Å²) in [6.07, 6.45) is -0.979. The Morgan fingerprint density at radius 1 is 0.500 bits per heavy atom. The Morgan fingerprint density at radius 2 is 0.786 bits per heavy atom. The normalized spacial score (nSPS) is 21.2. The van der Waals surface area contributed by atoms with Crippen molar-refractivity contribution in [3.05, 3.63) is 0 Å². The summed E-state index contributed by atoms with van der Waals surface area (Å²) in [7, 11) is 14.4. The minimum absolute atomic E-state index is 0.226. The van der Waals surface area contributed by atoms with Crippen LogP contribution in [0.1, 0.15) is 55.4 Å². The zero-order chi connectivity index (χ0) is 23.1. The largest absolute Gasteiger partial charge is 0.328 e. The van der Waals surface area contributed by atoms with E-state index in [4.69, 9.17) is 0 Å². The van der Waals surface area contributed by atoms with Crippen molar-refractivity contribution in [1.29, 1.82) is 0 Å². The first kappa shape index (κ1) is 33.1. The van der Waals surface area contributed by atoms with Gasteiger partial charge in [0, 0.05) is 12.3 Å². The lowest BCUT2D eigenvalue weighted by molar-refractivity contribution is 0.317. The summed E-state index contributed by atoms with van der Waals surface area (Å²) in [6.45, 7) is 19.2. The number of rotatable bonds is 10. The van der Waals surface area contributed by atoms with Gasteiger partial charge in [0.05, 0.1) is 18.4 Å². The van der Waals surface area contributed by atoms with E-state index in [1.807, 2.05) is 0 Å². The van der Waals surface area contributed by atoms with Crippen molar-refractivity contribution >= 4 is 123 Å². The molecule has 0 aromatic heterocycles. The van der Waals surface area contributed by atoms with Gasteiger partial charge in [0.25, 0.3) is 0 Å². The van der Waals surface area contributed by atoms with Crippen molar-refractivity contribution in [3.8, 4) is 0 Å². The maximum atomic E-state index is 2.98. The smallest absolute Gasteiger partial charge is 0.0776 e. The lowest BCUT2D eigenvalue weighted by Crippen LogP contribution is -2.68. The summed E-state index contributed by atoms with van der Waals surface area (Å²) < 4.78 is 5.82. The first-order chi connectivity index (χ1) is 12.2. The van der Waals surface area contributed by atoms with E-state index >= 15 is 0 Å². The Hall–Kier alpha value is 2.96. The third kappa shape index (κ3) is 18.5. The van der Waals surface area contributed by atoms with E-state index in [1.54, 1.807) is 78.1 Å². The molecule has 0 aliphatic heterocycles. The van der Waals surface area contributed by atoms with Gasteiger partial charge in [-0.25, -0.2) is 0 Å². The van der Waals surface area contributed by atoms with Gasteiger partial charge in [-0.05, 0) is 117 Å². The average molecular weight is 624 g/mol. The van der Waals surface area contributed by atoms with Gasteiger partial charge in [-0.3, -0.25) is 0 Å². The van der Waals surface area contributed by atoms with E-state index in [1.165, 1.54) is 0 Å². The minimum atomic E-state index is -0.380. The van der Waals surface area contributed by atoms with Crippen LogP contribution in [-0.4, -0.2) is 157 Å². The second kappa shape index (κ2) is 14.3. The van der Waals surface area contributed by atoms with Gasteiger partial charge in [0.15, 0.2) is 0 Å². The zero-order valence-corrected chi connectivity index (χ0v) is 46.1. The van der Waals surface area contributed by atoms with Crippen molar-refractivity contribution in [2.75, 3.05) is 0 Å². The van der Waals surface area contributed by atoms with Crippen LogP contribution in [0.15, 0.2) is 0 Å². The fraction of sp³-hybridized carbons (Fsp3) is 1.00. The zero-order valence-electron chi connectivity index (χ0n) is 22.8. The third-order valence-corrected chi connectivity index (χ3v) is 115. The fourth-order valence-electron chi connectivity index (χ4n) is 4.46. The molecule has 0 radical (unpaired) electrons. The fourth-order valence-corrected chi connectivity index (χ4v) is 389. The van der Waals surface area contributed by atoms with E-state index in [0.717, 1.165) is 24.2 Å². The molecule has 0 aliphatic carbocycles. The second-order valence-electron chi connectivity index (χ2n) is 13.2. The standard InChI is InChI=1S/C6H33NSi9.C6H25NSi5/c1-5(2)7(6(3)4)13-16(11,12)14-15(8,9)10;1-5(2)7(6(3)4)11-12(8,9)10/h5-6H,13-14H2,1-4,8-12H3;5-6H,11H2,1-4,8-10H3. The predicted molar refractivity (Wildman–Crippen MR) is 187 cm³/mol.